The number of anilines is 1. The Morgan fingerprint density at radius 1 is 0.957 bits per heavy atom. The predicted octanol–water partition coefficient (Wildman–Crippen LogP) is 5.25. The molecule has 2 nitrogen and oxygen atoms in total. The molecule has 3 heteroatoms. The van der Waals surface area contributed by atoms with E-state index in [1.165, 1.54) is 17.5 Å². The van der Waals surface area contributed by atoms with Crippen LogP contribution in [0, 0.1) is 0 Å². The number of hydrogen-bond donors (Lipinski definition) is 1. The topological polar surface area (TPSA) is 15.3 Å². The number of aryl methyl sites for hydroxylation is 1. The lowest BCUT2D eigenvalue weighted by Gasteiger charge is -2.26. The van der Waals surface area contributed by atoms with Crippen molar-refractivity contribution in [1.82, 2.24) is 4.90 Å². The monoisotopic (exact) mass is 326 g/mol. The second-order valence-electron chi connectivity index (χ2n) is 5.74. The van der Waals surface area contributed by atoms with Gasteiger partial charge in [0.25, 0.3) is 0 Å². The summed E-state index contributed by atoms with van der Waals surface area (Å²) in [6.45, 7) is 6.20. The number of nitrogens with zero attached hydrogens (tertiary/aromatic N) is 1. The summed E-state index contributed by atoms with van der Waals surface area (Å²) in [5.41, 5.74) is 3.68. The van der Waals surface area contributed by atoms with Gasteiger partial charge in [0.05, 0.1) is 0 Å². The van der Waals surface area contributed by atoms with Crippen LogP contribution in [0.2, 0.25) is 0 Å². The maximum atomic E-state index is 5.65. The second-order valence-corrected chi connectivity index (χ2v) is 6.13. The smallest absolute Gasteiger partial charge is 0.173 e. The highest BCUT2D eigenvalue weighted by molar-refractivity contribution is 7.80. The third-order valence-electron chi connectivity index (χ3n) is 3.90. The van der Waals surface area contributed by atoms with E-state index in [-0.39, 0.29) is 0 Å². The van der Waals surface area contributed by atoms with Gasteiger partial charge in [0.2, 0.25) is 0 Å². The number of rotatable bonds is 7. The predicted molar refractivity (Wildman–Crippen MR) is 104 cm³/mol. The van der Waals surface area contributed by atoms with Crippen LogP contribution in [0.4, 0.5) is 5.69 Å². The van der Waals surface area contributed by atoms with Crippen LogP contribution < -0.4 is 5.32 Å². The first kappa shape index (κ1) is 17.5. The van der Waals surface area contributed by atoms with E-state index in [1.807, 2.05) is 6.07 Å². The highest BCUT2D eigenvalue weighted by Gasteiger charge is 2.10. The van der Waals surface area contributed by atoms with Gasteiger partial charge in [-0.2, -0.15) is 0 Å². The molecule has 0 unspecified atom stereocenters. The molecule has 0 spiro atoms. The number of unbranched alkanes of at least 4 members (excludes halogenated alkanes) is 1. The molecule has 0 bridgehead atoms. The van der Waals surface area contributed by atoms with Crippen LogP contribution >= 0.6 is 12.2 Å². The van der Waals surface area contributed by atoms with Gasteiger partial charge in [0.1, 0.15) is 0 Å². The van der Waals surface area contributed by atoms with Crippen molar-refractivity contribution in [2.75, 3.05) is 11.9 Å². The summed E-state index contributed by atoms with van der Waals surface area (Å²) in [5.74, 6) is 0. The molecule has 0 aliphatic rings. The van der Waals surface area contributed by atoms with Crippen molar-refractivity contribution in [2.45, 2.75) is 39.7 Å². The average Bonchev–Trinajstić information content (AvgIpc) is 2.60. The van der Waals surface area contributed by atoms with Crippen LogP contribution in [0.25, 0.3) is 0 Å². The van der Waals surface area contributed by atoms with Gasteiger partial charge in [0.15, 0.2) is 5.11 Å². The molecular formula is C20H26N2S. The first-order chi connectivity index (χ1) is 11.2. The normalized spacial score (nSPS) is 10.3. The molecule has 0 amide bonds. The van der Waals surface area contributed by atoms with Gasteiger partial charge in [-0.15, -0.1) is 0 Å². The Morgan fingerprint density at radius 3 is 2.26 bits per heavy atom. The van der Waals surface area contributed by atoms with E-state index in [9.17, 15) is 0 Å². The van der Waals surface area contributed by atoms with Crippen molar-refractivity contribution in [3.05, 3.63) is 65.7 Å². The minimum Gasteiger partial charge on any atom is -0.345 e. The Hall–Kier alpha value is -1.87. The van der Waals surface area contributed by atoms with Crippen LogP contribution in [0.1, 0.15) is 37.8 Å². The molecule has 2 aromatic rings. The van der Waals surface area contributed by atoms with Gasteiger partial charge in [-0.1, -0.05) is 62.7 Å². The van der Waals surface area contributed by atoms with Crippen LogP contribution in [-0.2, 0) is 13.0 Å². The minimum atomic E-state index is 0.798. The maximum absolute atomic E-state index is 5.65. The molecular weight excluding hydrogens is 300 g/mol. The summed E-state index contributed by atoms with van der Waals surface area (Å²) < 4.78 is 0. The van der Waals surface area contributed by atoms with E-state index in [2.05, 4.69) is 72.6 Å². The van der Waals surface area contributed by atoms with Gasteiger partial charge in [-0.25, -0.2) is 0 Å². The molecule has 0 aliphatic heterocycles. The van der Waals surface area contributed by atoms with Crippen LogP contribution in [0.15, 0.2) is 54.6 Å². The molecule has 122 valence electrons. The molecule has 1 N–H and O–H groups in total. The Morgan fingerprint density at radius 2 is 1.65 bits per heavy atom. The zero-order chi connectivity index (χ0) is 16.5. The van der Waals surface area contributed by atoms with E-state index in [1.54, 1.807) is 0 Å². The lowest BCUT2D eigenvalue weighted by Crippen LogP contribution is -2.35. The number of nitrogens with one attached hydrogen (secondary N) is 1. The average molecular weight is 327 g/mol. The highest BCUT2D eigenvalue weighted by atomic mass is 32.1. The lowest BCUT2D eigenvalue weighted by molar-refractivity contribution is 0.408. The molecule has 0 saturated carbocycles. The van der Waals surface area contributed by atoms with Crippen molar-refractivity contribution < 1.29 is 0 Å². The summed E-state index contributed by atoms with van der Waals surface area (Å²) in [6.07, 6.45) is 3.36. The van der Waals surface area contributed by atoms with E-state index < -0.39 is 0 Å². The molecule has 23 heavy (non-hydrogen) atoms. The van der Waals surface area contributed by atoms with Gasteiger partial charge < -0.3 is 10.2 Å². The molecule has 0 atom stereocenters. The number of benzene rings is 2. The summed E-state index contributed by atoms with van der Waals surface area (Å²) in [7, 11) is 0. The third kappa shape index (κ3) is 5.68. The molecule has 0 aromatic heterocycles. The molecule has 0 heterocycles. The number of thiocarbonyl (C=S) groups is 1. The zero-order valence-corrected chi connectivity index (χ0v) is 14.9. The largest absolute Gasteiger partial charge is 0.345 e. The van der Waals surface area contributed by atoms with Crippen molar-refractivity contribution in [1.29, 1.82) is 0 Å². The van der Waals surface area contributed by atoms with Crippen LogP contribution in [0.5, 0.6) is 0 Å². The quantitative estimate of drug-likeness (QED) is 0.700. The Labute approximate surface area is 145 Å². The number of hydrogen-bond acceptors (Lipinski definition) is 1. The fourth-order valence-electron chi connectivity index (χ4n) is 2.43. The molecule has 0 saturated heterocycles. The summed E-state index contributed by atoms with van der Waals surface area (Å²) in [5, 5.41) is 4.18. The van der Waals surface area contributed by atoms with Crippen molar-refractivity contribution >= 4 is 23.0 Å². The Kier molecular flexibility index (Phi) is 7.08. The fraction of sp³-hybridized carbons (Fsp3) is 0.350. The lowest BCUT2D eigenvalue weighted by atomic mass is 10.1. The van der Waals surface area contributed by atoms with Gasteiger partial charge >= 0.3 is 0 Å². The van der Waals surface area contributed by atoms with E-state index in [0.717, 1.165) is 36.7 Å². The molecule has 2 rings (SSSR count). The summed E-state index contributed by atoms with van der Waals surface area (Å²) >= 11 is 5.65. The van der Waals surface area contributed by atoms with Crippen LogP contribution in [-0.4, -0.2) is 16.6 Å². The Bertz CT molecular complexity index is 593. The SMILES string of the molecule is CCCCN(Cc1ccccc1)C(=S)Nc1ccc(CC)cc1. The van der Waals surface area contributed by atoms with E-state index >= 15 is 0 Å². The first-order valence-electron chi connectivity index (χ1n) is 8.41. The highest BCUT2D eigenvalue weighted by Crippen LogP contribution is 2.13. The maximum Gasteiger partial charge on any atom is 0.173 e. The fourth-order valence-corrected chi connectivity index (χ4v) is 2.71. The van der Waals surface area contributed by atoms with Crippen LogP contribution in [0.3, 0.4) is 0 Å². The van der Waals surface area contributed by atoms with Crippen molar-refractivity contribution in [3.63, 3.8) is 0 Å². The van der Waals surface area contributed by atoms with Crippen molar-refractivity contribution in [3.8, 4) is 0 Å². The molecule has 2 aromatic carbocycles. The molecule has 0 radical (unpaired) electrons. The second kappa shape index (κ2) is 9.31. The molecule has 0 aliphatic carbocycles. The standard InChI is InChI=1S/C20H26N2S/c1-3-5-15-22(16-18-9-7-6-8-10-18)20(23)21-19-13-11-17(4-2)12-14-19/h6-14H,3-5,15-16H2,1-2H3,(H,21,23). The summed E-state index contributed by atoms with van der Waals surface area (Å²) in [4.78, 5) is 2.25. The van der Waals surface area contributed by atoms with Crippen molar-refractivity contribution in [2.24, 2.45) is 0 Å². The first-order valence-corrected chi connectivity index (χ1v) is 8.82. The van der Waals surface area contributed by atoms with E-state index in [4.69, 9.17) is 12.2 Å². The van der Waals surface area contributed by atoms with Gasteiger partial charge in [-0.05, 0) is 48.3 Å². The third-order valence-corrected chi connectivity index (χ3v) is 4.26. The van der Waals surface area contributed by atoms with Gasteiger partial charge in [0, 0.05) is 18.8 Å². The Balaban J connectivity index is 2.02. The molecule has 0 fully saturated rings. The summed E-state index contributed by atoms with van der Waals surface area (Å²) in [6, 6.07) is 19.0. The van der Waals surface area contributed by atoms with E-state index in [0.29, 0.717) is 0 Å². The zero-order valence-electron chi connectivity index (χ0n) is 14.1. The minimum absolute atomic E-state index is 0.798. The van der Waals surface area contributed by atoms with Gasteiger partial charge in [-0.3, -0.25) is 0 Å².